The van der Waals surface area contributed by atoms with Gasteiger partial charge in [0, 0.05) is 40.8 Å². The number of aliphatic imine (C=N–C) groups is 2. The quantitative estimate of drug-likeness (QED) is 0.449. The van der Waals surface area contributed by atoms with E-state index in [9.17, 15) is 0 Å². The van der Waals surface area contributed by atoms with Gasteiger partial charge in [-0.15, -0.1) is 0 Å². The highest BCUT2D eigenvalue weighted by molar-refractivity contribution is 6.03. The normalized spacial score (nSPS) is 15.2. The van der Waals surface area contributed by atoms with Gasteiger partial charge in [0.25, 0.3) is 0 Å². The van der Waals surface area contributed by atoms with Crippen LogP contribution in [0.25, 0.3) is 22.2 Å². The maximum atomic E-state index is 6.03. The first kappa shape index (κ1) is 18.7. The first-order valence-electron chi connectivity index (χ1n) is 10.9. The van der Waals surface area contributed by atoms with Crippen LogP contribution >= 0.6 is 0 Å². The summed E-state index contributed by atoms with van der Waals surface area (Å²) >= 11 is 0. The van der Waals surface area contributed by atoms with Crippen LogP contribution in [-0.2, 0) is 0 Å². The molecule has 0 bridgehead atoms. The second-order valence-electron chi connectivity index (χ2n) is 7.95. The van der Waals surface area contributed by atoms with Crippen LogP contribution in [-0.4, -0.2) is 42.8 Å². The summed E-state index contributed by atoms with van der Waals surface area (Å²) in [6.45, 7) is 3.50. The zero-order valence-electron chi connectivity index (χ0n) is 17.6. The van der Waals surface area contributed by atoms with Gasteiger partial charge in [0.1, 0.15) is 23.2 Å². The lowest BCUT2D eigenvalue weighted by Crippen LogP contribution is -2.19. The fourth-order valence-corrected chi connectivity index (χ4v) is 4.14. The topological polar surface area (TPSA) is 73.8 Å². The molecular weight excluding hydrogens is 398 g/mol. The van der Waals surface area contributed by atoms with Crippen LogP contribution in [0.2, 0.25) is 0 Å². The Bertz CT molecular complexity index is 1330. The van der Waals surface area contributed by atoms with Crippen LogP contribution in [0.5, 0.6) is 11.5 Å². The van der Waals surface area contributed by atoms with Crippen molar-refractivity contribution in [3.63, 3.8) is 0 Å². The van der Waals surface area contributed by atoms with Gasteiger partial charge in [-0.3, -0.25) is 9.98 Å². The van der Waals surface area contributed by atoms with E-state index in [4.69, 9.17) is 4.74 Å². The highest BCUT2D eigenvalue weighted by Crippen LogP contribution is 2.28. The Kier molecular flexibility index (Phi) is 4.61. The summed E-state index contributed by atoms with van der Waals surface area (Å²) < 4.78 is 6.03. The Balaban J connectivity index is 1.19. The first-order chi connectivity index (χ1) is 15.8. The van der Waals surface area contributed by atoms with E-state index in [2.05, 4.69) is 62.0 Å². The van der Waals surface area contributed by atoms with Crippen molar-refractivity contribution in [1.82, 2.24) is 15.6 Å². The average Bonchev–Trinajstić information content (AvgIpc) is 3.61. The lowest BCUT2D eigenvalue weighted by molar-refractivity contribution is 0.483. The molecule has 6 nitrogen and oxygen atoms in total. The third-order valence-electron chi connectivity index (χ3n) is 5.77. The first-order valence-corrected chi connectivity index (χ1v) is 10.9. The van der Waals surface area contributed by atoms with Crippen molar-refractivity contribution in [2.24, 2.45) is 9.98 Å². The van der Waals surface area contributed by atoms with E-state index in [0.717, 1.165) is 77.3 Å². The fourth-order valence-electron chi connectivity index (χ4n) is 4.14. The highest BCUT2D eigenvalue weighted by Gasteiger charge is 2.11. The molecule has 0 unspecified atom stereocenters. The van der Waals surface area contributed by atoms with Crippen LogP contribution in [0.1, 0.15) is 11.1 Å². The number of fused-ring (bicyclic) bond motifs is 1. The predicted molar refractivity (Wildman–Crippen MR) is 129 cm³/mol. The van der Waals surface area contributed by atoms with Crippen molar-refractivity contribution in [2.75, 3.05) is 26.2 Å². The molecule has 0 amide bonds. The number of amidine groups is 2. The summed E-state index contributed by atoms with van der Waals surface area (Å²) in [5.74, 6) is 3.55. The molecule has 2 aliphatic heterocycles. The number of aromatic nitrogens is 1. The van der Waals surface area contributed by atoms with Gasteiger partial charge in [-0.05, 0) is 78.4 Å². The maximum absolute atomic E-state index is 6.03. The Morgan fingerprint density at radius 2 is 1.22 bits per heavy atom. The van der Waals surface area contributed by atoms with E-state index in [-0.39, 0.29) is 0 Å². The molecule has 3 heterocycles. The Labute approximate surface area is 186 Å². The van der Waals surface area contributed by atoms with Gasteiger partial charge in [0.15, 0.2) is 0 Å². The number of hydrogen-bond donors (Lipinski definition) is 3. The van der Waals surface area contributed by atoms with Gasteiger partial charge in [0.05, 0.1) is 13.1 Å². The molecule has 4 aromatic rings. The van der Waals surface area contributed by atoms with Crippen molar-refractivity contribution in [2.45, 2.75) is 0 Å². The second kappa shape index (κ2) is 7.89. The maximum Gasteiger partial charge on any atom is 0.128 e. The van der Waals surface area contributed by atoms with Gasteiger partial charge in [-0.25, -0.2) is 0 Å². The van der Waals surface area contributed by atoms with Crippen LogP contribution < -0.4 is 15.4 Å². The molecule has 3 aromatic carbocycles. The third-order valence-corrected chi connectivity index (χ3v) is 5.77. The van der Waals surface area contributed by atoms with Gasteiger partial charge >= 0.3 is 0 Å². The number of rotatable bonds is 5. The second-order valence-corrected chi connectivity index (χ2v) is 7.95. The van der Waals surface area contributed by atoms with Crippen LogP contribution in [0, 0.1) is 0 Å². The fraction of sp³-hybridized carbons (Fsp3) is 0.154. The Morgan fingerprint density at radius 3 is 1.84 bits per heavy atom. The van der Waals surface area contributed by atoms with Crippen LogP contribution in [0.3, 0.4) is 0 Å². The molecule has 0 fully saturated rings. The number of ether oxygens (including phenoxy) is 1. The van der Waals surface area contributed by atoms with E-state index in [0.29, 0.717) is 0 Å². The van der Waals surface area contributed by atoms with Gasteiger partial charge in [0.2, 0.25) is 0 Å². The molecule has 158 valence electrons. The SMILES string of the molecule is c1cc(C2=NCCN2)ccc1Oc1ccc(-c2cc3cc(C4=NCCN4)ccc3[nH]2)cc1. The lowest BCUT2D eigenvalue weighted by Gasteiger charge is -2.08. The number of hydrogen-bond acceptors (Lipinski definition) is 5. The lowest BCUT2D eigenvalue weighted by atomic mass is 10.1. The van der Waals surface area contributed by atoms with Crippen molar-refractivity contribution < 1.29 is 4.74 Å². The van der Waals surface area contributed by atoms with Gasteiger partial charge in [-0.2, -0.15) is 0 Å². The smallest absolute Gasteiger partial charge is 0.128 e. The summed E-state index contributed by atoms with van der Waals surface area (Å²) in [5, 5.41) is 7.80. The molecule has 0 atom stereocenters. The van der Waals surface area contributed by atoms with Crippen molar-refractivity contribution in [1.29, 1.82) is 0 Å². The Morgan fingerprint density at radius 1 is 0.625 bits per heavy atom. The number of H-pyrrole nitrogens is 1. The van der Waals surface area contributed by atoms with Gasteiger partial charge < -0.3 is 20.4 Å². The molecule has 0 aliphatic carbocycles. The largest absolute Gasteiger partial charge is 0.457 e. The van der Waals surface area contributed by atoms with E-state index < -0.39 is 0 Å². The third kappa shape index (κ3) is 3.60. The van der Waals surface area contributed by atoms with Crippen molar-refractivity contribution in [3.05, 3.63) is 83.9 Å². The number of aromatic amines is 1. The molecule has 6 rings (SSSR count). The Hall–Kier alpha value is -4.06. The average molecular weight is 422 g/mol. The van der Waals surface area contributed by atoms with Crippen molar-refractivity contribution >= 4 is 22.6 Å². The molecule has 3 N–H and O–H groups in total. The zero-order chi connectivity index (χ0) is 21.3. The number of nitrogens with zero attached hydrogens (tertiary/aromatic N) is 2. The summed E-state index contributed by atoms with van der Waals surface area (Å²) in [6, 6.07) is 24.8. The van der Waals surface area contributed by atoms with E-state index in [1.54, 1.807) is 0 Å². The minimum Gasteiger partial charge on any atom is -0.457 e. The molecule has 32 heavy (non-hydrogen) atoms. The van der Waals surface area contributed by atoms with Gasteiger partial charge in [-0.1, -0.05) is 0 Å². The van der Waals surface area contributed by atoms with Crippen LogP contribution in [0.4, 0.5) is 0 Å². The predicted octanol–water partition coefficient (Wildman–Crippen LogP) is 4.33. The number of nitrogens with one attached hydrogen (secondary N) is 3. The molecular formula is C26H23N5O. The monoisotopic (exact) mass is 421 g/mol. The summed E-state index contributed by atoms with van der Waals surface area (Å²) in [5.41, 5.74) is 5.53. The van der Waals surface area contributed by atoms with E-state index in [1.807, 2.05) is 36.4 Å². The molecule has 1 aromatic heterocycles. The molecule has 2 aliphatic rings. The highest BCUT2D eigenvalue weighted by atomic mass is 16.5. The minimum absolute atomic E-state index is 0.807. The minimum atomic E-state index is 0.807. The van der Waals surface area contributed by atoms with Crippen LogP contribution in [0.15, 0.2) is 82.8 Å². The molecule has 0 radical (unpaired) electrons. The zero-order valence-corrected chi connectivity index (χ0v) is 17.6. The van der Waals surface area contributed by atoms with Crippen molar-refractivity contribution in [3.8, 4) is 22.8 Å². The van der Waals surface area contributed by atoms with E-state index in [1.165, 1.54) is 5.39 Å². The number of benzene rings is 3. The molecule has 0 saturated carbocycles. The molecule has 6 heteroatoms. The summed E-state index contributed by atoms with van der Waals surface area (Å²) in [6.07, 6.45) is 0. The molecule has 0 spiro atoms. The molecule has 0 saturated heterocycles. The van der Waals surface area contributed by atoms with E-state index >= 15 is 0 Å². The summed E-state index contributed by atoms with van der Waals surface area (Å²) in [7, 11) is 0. The standard InChI is InChI=1S/C26H23N5O/c1-6-21(32-22-8-3-18(4-9-22)25-27-11-12-28-25)7-2-17(1)24-16-20-15-19(5-10-23(20)31-24)26-29-13-14-30-26/h1-10,15-16,31H,11-14H2,(H,27,28)(H,29,30). The summed E-state index contributed by atoms with van der Waals surface area (Å²) in [4.78, 5) is 12.5.